The van der Waals surface area contributed by atoms with Crippen molar-refractivity contribution in [1.29, 1.82) is 0 Å². The molecule has 2 heterocycles. The summed E-state index contributed by atoms with van der Waals surface area (Å²) in [7, 11) is 0. The molecular formula is C14H25N3O2. The van der Waals surface area contributed by atoms with Gasteiger partial charge in [-0.2, -0.15) is 0 Å². The molecule has 0 aromatic carbocycles. The van der Waals surface area contributed by atoms with Gasteiger partial charge in [-0.1, -0.05) is 0 Å². The number of rotatable bonds is 5. The Morgan fingerprint density at radius 3 is 2.58 bits per heavy atom. The largest absolute Gasteiger partial charge is 0.377 e. The minimum atomic E-state index is 0.267. The van der Waals surface area contributed by atoms with Crippen LogP contribution in [-0.4, -0.2) is 73.7 Å². The number of nitrogens with zero attached hydrogens (tertiary/aromatic N) is 2. The molecule has 1 atom stereocenters. The summed E-state index contributed by atoms with van der Waals surface area (Å²) in [6, 6.07) is 0.616. The highest BCUT2D eigenvalue weighted by Crippen LogP contribution is 2.18. The van der Waals surface area contributed by atoms with E-state index in [9.17, 15) is 4.79 Å². The first-order valence-corrected chi connectivity index (χ1v) is 7.66. The third-order valence-electron chi connectivity index (χ3n) is 4.33. The Kier molecular flexibility index (Phi) is 4.35. The Morgan fingerprint density at radius 2 is 1.95 bits per heavy atom. The van der Waals surface area contributed by atoms with E-state index in [2.05, 4.69) is 10.2 Å². The van der Waals surface area contributed by atoms with Gasteiger partial charge in [0.05, 0.1) is 12.6 Å². The lowest BCUT2D eigenvalue weighted by Crippen LogP contribution is -2.52. The zero-order valence-electron chi connectivity index (χ0n) is 11.6. The van der Waals surface area contributed by atoms with Crippen molar-refractivity contribution in [3.63, 3.8) is 0 Å². The van der Waals surface area contributed by atoms with Crippen LogP contribution in [-0.2, 0) is 9.53 Å². The fourth-order valence-electron chi connectivity index (χ4n) is 2.89. The second-order valence-electron chi connectivity index (χ2n) is 5.97. The molecule has 19 heavy (non-hydrogen) atoms. The number of nitrogens with one attached hydrogen (secondary N) is 1. The van der Waals surface area contributed by atoms with Crippen LogP contribution in [0.15, 0.2) is 0 Å². The Labute approximate surface area is 115 Å². The maximum atomic E-state index is 12.0. The molecule has 0 aromatic heterocycles. The molecule has 0 aromatic rings. The molecule has 0 bridgehead atoms. The first-order chi connectivity index (χ1) is 9.31. The highest BCUT2D eigenvalue weighted by atomic mass is 16.5. The predicted molar refractivity (Wildman–Crippen MR) is 73.0 cm³/mol. The van der Waals surface area contributed by atoms with Crippen molar-refractivity contribution in [2.75, 3.05) is 45.9 Å². The van der Waals surface area contributed by atoms with Crippen molar-refractivity contribution in [3.8, 4) is 0 Å². The number of hydrogen-bond acceptors (Lipinski definition) is 4. The molecule has 1 N–H and O–H groups in total. The smallest absolute Gasteiger partial charge is 0.236 e. The van der Waals surface area contributed by atoms with E-state index in [4.69, 9.17) is 4.74 Å². The molecule has 108 valence electrons. The number of carbonyl (C=O) groups excluding carboxylic acids is 1. The summed E-state index contributed by atoms with van der Waals surface area (Å²) in [4.78, 5) is 16.4. The molecule has 1 aliphatic carbocycles. The molecule has 5 heteroatoms. The summed E-state index contributed by atoms with van der Waals surface area (Å²) in [5, 5.41) is 3.30. The zero-order chi connectivity index (χ0) is 13.1. The van der Waals surface area contributed by atoms with E-state index < -0.39 is 0 Å². The van der Waals surface area contributed by atoms with Crippen LogP contribution in [0, 0.1) is 0 Å². The number of amides is 1. The summed E-state index contributed by atoms with van der Waals surface area (Å²) in [6.45, 7) is 6.23. The highest BCUT2D eigenvalue weighted by Gasteiger charge is 2.26. The highest BCUT2D eigenvalue weighted by molar-refractivity contribution is 5.78. The monoisotopic (exact) mass is 267 g/mol. The van der Waals surface area contributed by atoms with E-state index in [0.29, 0.717) is 18.7 Å². The van der Waals surface area contributed by atoms with Gasteiger partial charge in [-0.15, -0.1) is 0 Å². The van der Waals surface area contributed by atoms with E-state index in [1.54, 1.807) is 0 Å². The van der Waals surface area contributed by atoms with Gasteiger partial charge in [0, 0.05) is 45.4 Å². The third-order valence-corrected chi connectivity index (χ3v) is 4.33. The summed E-state index contributed by atoms with van der Waals surface area (Å²) in [5.74, 6) is 0.267. The third kappa shape index (κ3) is 3.91. The van der Waals surface area contributed by atoms with E-state index in [-0.39, 0.29) is 5.91 Å². The maximum Gasteiger partial charge on any atom is 0.236 e. The normalized spacial score (nSPS) is 28.8. The van der Waals surface area contributed by atoms with E-state index in [1.807, 2.05) is 4.90 Å². The van der Waals surface area contributed by atoms with Crippen molar-refractivity contribution < 1.29 is 9.53 Å². The number of carbonyl (C=O) groups is 1. The first-order valence-electron chi connectivity index (χ1n) is 7.66. The van der Waals surface area contributed by atoms with Gasteiger partial charge in [0.25, 0.3) is 0 Å². The van der Waals surface area contributed by atoms with Gasteiger partial charge in [0.1, 0.15) is 0 Å². The second-order valence-corrected chi connectivity index (χ2v) is 5.97. The van der Waals surface area contributed by atoms with Crippen molar-refractivity contribution in [3.05, 3.63) is 0 Å². The lowest BCUT2D eigenvalue weighted by Gasteiger charge is -2.35. The van der Waals surface area contributed by atoms with Crippen molar-refractivity contribution >= 4 is 5.91 Å². The van der Waals surface area contributed by atoms with Crippen molar-refractivity contribution in [2.24, 2.45) is 0 Å². The minimum Gasteiger partial charge on any atom is -0.377 e. The summed E-state index contributed by atoms with van der Waals surface area (Å²) < 4.78 is 5.67. The van der Waals surface area contributed by atoms with Crippen LogP contribution in [0.2, 0.25) is 0 Å². The second kappa shape index (κ2) is 6.20. The Balaban J connectivity index is 1.34. The van der Waals surface area contributed by atoms with Gasteiger partial charge in [0.2, 0.25) is 5.91 Å². The van der Waals surface area contributed by atoms with Crippen LogP contribution in [0.4, 0.5) is 0 Å². The molecule has 5 nitrogen and oxygen atoms in total. The van der Waals surface area contributed by atoms with Crippen molar-refractivity contribution in [1.82, 2.24) is 15.1 Å². The number of piperazine rings is 1. The number of hydrogen-bond donors (Lipinski definition) is 1. The van der Waals surface area contributed by atoms with E-state index in [0.717, 1.165) is 39.3 Å². The molecule has 0 spiro atoms. The lowest BCUT2D eigenvalue weighted by atomic mass is 10.2. The van der Waals surface area contributed by atoms with Crippen LogP contribution in [0.1, 0.15) is 25.7 Å². The molecule has 1 amide bonds. The summed E-state index contributed by atoms with van der Waals surface area (Å²) in [5.41, 5.74) is 0. The topological polar surface area (TPSA) is 44.8 Å². The van der Waals surface area contributed by atoms with Crippen LogP contribution < -0.4 is 5.32 Å². The fraction of sp³-hybridized carbons (Fsp3) is 0.929. The van der Waals surface area contributed by atoms with Crippen LogP contribution in [0.25, 0.3) is 0 Å². The quantitative estimate of drug-likeness (QED) is 0.765. The Bertz CT molecular complexity index is 306. The minimum absolute atomic E-state index is 0.267. The van der Waals surface area contributed by atoms with Gasteiger partial charge in [-0.05, 0) is 25.7 Å². The predicted octanol–water partition coefficient (Wildman–Crippen LogP) is 0.0616. The average molecular weight is 267 g/mol. The molecule has 3 fully saturated rings. The number of ether oxygens (including phenoxy) is 1. The van der Waals surface area contributed by atoms with Gasteiger partial charge in [0.15, 0.2) is 0 Å². The molecule has 3 aliphatic rings. The van der Waals surface area contributed by atoms with E-state index >= 15 is 0 Å². The lowest BCUT2D eigenvalue weighted by molar-refractivity contribution is -0.132. The molecule has 0 radical (unpaired) electrons. The van der Waals surface area contributed by atoms with Crippen LogP contribution >= 0.6 is 0 Å². The summed E-state index contributed by atoms with van der Waals surface area (Å²) in [6.07, 6.45) is 5.31. The van der Waals surface area contributed by atoms with Crippen molar-refractivity contribution in [2.45, 2.75) is 37.8 Å². The molecule has 2 saturated heterocycles. The Morgan fingerprint density at radius 1 is 1.16 bits per heavy atom. The van der Waals surface area contributed by atoms with Gasteiger partial charge in [-0.25, -0.2) is 0 Å². The van der Waals surface area contributed by atoms with Gasteiger partial charge in [-0.3, -0.25) is 9.69 Å². The molecule has 3 rings (SSSR count). The zero-order valence-corrected chi connectivity index (χ0v) is 11.6. The molecule has 2 aliphatic heterocycles. The molecular weight excluding hydrogens is 242 g/mol. The standard InChI is InChI=1S/C14H25N3O2/c18-14(10-15-12-3-4-12)17-7-5-16(6-8-17)11-13-2-1-9-19-13/h12-13,15H,1-11H2. The Hall–Kier alpha value is -0.650. The van der Waals surface area contributed by atoms with Gasteiger partial charge >= 0.3 is 0 Å². The SMILES string of the molecule is O=C(CNC1CC1)N1CCN(CC2CCCO2)CC1. The summed E-state index contributed by atoms with van der Waals surface area (Å²) >= 11 is 0. The molecule has 1 unspecified atom stereocenters. The average Bonchev–Trinajstić information content (AvgIpc) is 3.13. The van der Waals surface area contributed by atoms with Crippen LogP contribution in [0.3, 0.4) is 0 Å². The van der Waals surface area contributed by atoms with E-state index in [1.165, 1.54) is 25.7 Å². The fourth-order valence-corrected chi connectivity index (χ4v) is 2.89. The first kappa shape index (κ1) is 13.3. The van der Waals surface area contributed by atoms with Gasteiger partial charge < -0.3 is 15.0 Å². The molecule has 1 saturated carbocycles. The maximum absolute atomic E-state index is 12.0. The van der Waals surface area contributed by atoms with Crippen LogP contribution in [0.5, 0.6) is 0 Å².